The number of carbonyl (C=O) groups excluding carboxylic acids is 1. The molecule has 1 aliphatic rings. The van der Waals surface area contributed by atoms with Gasteiger partial charge in [0.05, 0.1) is 31.2 Å². The minimum Gasteiger partial charge on any atom is -0.325 e. The summed E-state index contributed by atoms with van der Waals surface area (Å²) in [6.45, 7) is 4.28. The number of rotatable bonds is 6. The number of piperazine rings is 1. The van der Waals surface area contributed by atoms with E-state index in [0.29, 0.717) is 32.7 Å². The van der Waals surface area contributed by atoms with Crippen molar-refractivity contribution < 1.29 is 18.1 Å². The Kier molecular flexibility index (Phi) is 6.72. The van der Waals surface area contributed by atoms with Crippen LogP contribution < -0.4 is 10.2 Å². The summed E-state index contributed by atoms with van der Waals surface area (Å²) in [5.41, 5.74) is 2.00. The van der Waals surface area contributed by atoms with Crippen molar-refractivity contribution in [1.29, 1.82) is 0 Å². The van der Waals surface area contributed by atoms with E-state index in [0.717, 1.165) is 17.0 Å². The first-order chi connectivity index (χ1) is 13.4. The SMILES string of the molecule is CCc1ccc(NC(=O)C[NH+]2CCN(S(=O)(=O)c3ccccc3Cl)CC2)cc1. The number of anilines is 1. The molecule has 0 saturated carbocycles. The molecule has 1 amide bonds. The smallest absolute Gasteiger partial charge is 0.279 e. The van der Waals surface area contributed by atoms with E-state index in [2.05, 4.69) is 12.2 Å². The molecule has 0 atom stereocenters. The van der Waals surface area contributed by atoms with E-state index in [1.165, 1.54) is 15.9 Å². The highest BCUT2D eigenvalue weighted by Gasteiger charge is 2.32. The van der Waals surface area contributed by atoms with Gasteiger partial charge in [-0.1, -0.05) is 42.8 Å². The molecule has 1 fully saturated rings. The molecule has 0 radical (unpaired) electrons. The normalized spacial score (nSPS) is 16.1. The zero-order valence-corrected chi connectivity index (χ0v) is 17.4. The molecule has 0 bridgehead atoms. The lowest BCUT2D eigenvalue weighted by atomic mass is 10.1. The van der Waals surface area contributed by atoms with Gasteiger partial charge in [-0.15, -0.1) is 0 Å². The second kappa shape index (κ2) is 9.05. The van der Waals surface area contributed by atoms with Crippen LogP contribution in [0.2, 0.25) is 5.02 Å². The fourth-order valence-electron chi connectivity index (χ4n) is 3.27. The third kappa shape index (κ3) is 4.91. The zero-order chi connectivity index (χ0) is 20.1. The maximum atomic E-state index is 12.8. The summed E-state index contributed by atoms with van der Waals surface area (Å²) in [6.07, 6.45) is 0.958. The van der Waals surface area contributed by atoms with Crippen molar-refractivity contribution in [2.45, 2.75) is 18.2 Å². The number of amides is 1. The van der Waals surface area contributed by atoms with E-state index in [-0.39, 0.29) is 15.8 Å². The van der Waals surface area contributed by atoms with Gasteiger partial charge < -0.3 is 10.2 Å². The standard InChI is InChI=1S/C20H24ClN3O3S/c1-2-16-7-9-17(10-8-16)22-20(25)15-23-11-13-24(14-12-23)28(26,27)19-6-4-3-5-18(19)21/h3-10H,2,11-15H2,1H3,(H,22,25)/p+1. The maximum absolute atomic E-state index is 12.8. The van der Waals surface area contributed by atoms with E-state index in [9.17, 15) is 13.2 Å². The Labute approximate surface area is 171 Å². The number of halogens is 1. The first-order valence-electron chi connectivity index (χ1n) is 9.37. The van der Waals surface area contributed by atoms with Crippen LogP contribution in [0, 0.1) is 0 Å². The highest BCUT2D eigenvalue weighted by atomic mass is 35.5. The molecule has 0 aliphatic carbocycles. The average Bonchev–Trinajstić information content (AvgIpc) is 2.69. The van der Waals surface area contributed by atoms with Gasteiger partial charge in [-0.2, -0.15) is 4.31 Å². The molecule has 0 spiro atoms. The molecule has 6 nitrogen and oxygen atoms in total. The van der Waals surface area contributed by atoms with Crippen molar-refractivity contribution in [3.8, 4) is 0 Å². The molecule has 2 aromatic carbocycles. The van der Waals surface area contributed by atoms with E-state index < -0.39 is 10.0 Å². The fraction of sp³-hybridized carbons (Fsp3) is 0.350. The van der Waals surface area contributed by atoms with Crippen LogP contribution in [0.3, 0.4) is 0 Å². The molecule has 0 unspecified atom stereocenters. The summed E-state index contributed by atoms with van der Waals surface area (Å²) < 4.78 is 27.0. The molecule has 0 aromatic heterocycles. The summed E-state index contributed by atoms with van der Waals surface area (Å²) in [5, 5.41) is 3.13. The van der Waals surface area contributed by atoms with Crippen molar-refractivity contribution in [2.24, 2.45) is 0 Å². The molecular weight excluding hydrogens is 398 g/mol. The molecule has 8 heteroatoms. The lowest BCUT2D eigenvalue weighted by Gasteiger charge is -2.31. The predicted octanol–water partition coefficient (Wildman–Crippen LogP) is 1.43. The average molecular weight is 423 g/mol. The number of hydrogen-bond acceptors (Lipinski definition) is 3. The van der Waals surface area contributed by atoms with Crippen molar-refractivity contribution >= 4 is 33.2 Å². The van der Waals surface area contributed by atoms with Gasteiger partial charge in [-0.05, 0) is 36.2 Å². The Bertz CT molecular complexity index is 924. The minimum atomic E-state index is -3.61. The molecule has 1 heterocycles. The first kappa shape index (κ1) is 20.8. The van der Waals surface area contributed by atoms with Crippen LogP contribution in [0.4, 0.5) is 5.69 Å². The number of aryl methyl sites for hydroxylation is 1. The molecule has 3 rings (SSSR count). The van der Waals surface area contributed by atoms with Gasteiger partial charge in [-0.3, -0.25) is 4.79 Å². The van der Waals surface area contributed by atoms with Crippen molar-refractivity contribution in [3.05, 3.63) is 59.1 Å². The third-order valence-electron chi connectivity index (χ3n) is 4.94. The summed E-state index contributed by atoms with van der Waals surface area (Å²) in [7, 11) is -3.61. The van der Waals surface area contributed by atoms with E-state index >= 15 is 0 Å². The molecule has 1 saturated heterocycles. The van der Waals surface area contributed by atoms with Crippen molar-refractivity contribution in [3.63, 3.8) is 0 Å². The molecule has 2 N–H and O–H groups in total. The number of quaternary nitrogens is 1. The van der Waals surface area contributed by atoms with Crippen molar-refractivity contribution in [2.75, 3.05) is 38.0 Å². The Morgan fingerprint density at radius 3 is 2.36 bits per heavy atom. The Balaban J connectivity index is 1.53. The highest BCUT2D eigenvalue weighted by Crippen LogP contribution is 2.24. The Morgan fingerprint density at radius 2 is 1.75 bits per heavy atom. The topological polar surface area (TPSA) is 70.9 Å². The van der Waals surface area contributed by atoms with Crippen molar-refractivity contribution in [1.82, 2.24) is 4.31 Å². The molecular formula is C20H25ClN3O3S+. The Morgan fingerprint density at radius 1 is 1.11 bits per heavy atom. The van der Waals surface area contributed by atoms with Gasteiger partial charge in [0.15, 0.2) is 6.54 Å². The van der Waals surface area contributed by atoms with Gasteiger partial charge in [-0.25, -0.2) is 8.42 Å². The number of hydrogen-bond donors (Lipinski definition) is 2. The van der Waals surface area contributed by atoms with Crippen LogP contribution >= 0.6 is 11.6 Å². The van der Waals surface area contributed by atoms with Gasteiger partial charge in [0.25, 0.3) is 5.91 Å². The Hall–Kier alpha value is -1.93. The van der Waals surface area contributed by atoms with Crippen LogP contribution in [0.1, 0.15) is 12.5 Å². The third-order valence-corrected chi connectivity index (χ3v) is 7.34. The molecule has 28 heavy (non-hydrogen) atoms. The van der Waals surface area contributed by atoms with E-state index in [4.69, 9.17) is 11.6 Å². The molecule has 150 valence electrons. The predicted molar refractivity (Wildman–Crippen MR) is 110 cm³/mol. The van der Waals surface area contributed by atoms with Crippen LogP contribution in [0.15, 0.2) is 53.4 Å². The van der Waals surface area contributed by atoms with Gasteiger partial charge in [0.2, 0.25) is 10.0 Å². The summed E-state index contributed by atoms with van der Waals surface area (Å²) >= 11 is 6.06. The monoisotopic (exact) mass is 422 g/mol. The lowest BCUT2D eigenvalue weighted by Crippen LogP contribution is -3.15. The molecule has 1 aliphatic heterocycles. The first-order valence-corrected chi connectivity index (χ1v) is 11.2. The highest BCUT2D eigenvalue weighted by molar-refractivity contribution is 7.89. The van der Waals surface area contributed by atoms with Crippen LogP contribution in [-0.4, -0.2) is 51.4 Å². The summed E-state index contributed by atoms with van der Waals surface area (Å²) in [6, 6.07) is 14.3. The molecule has 2 aromatic rings. The summed E-state index contributed by atoms with van der Waals surface area (Å²) in [4.78, 5) is 13.5. The number of sulfonamides is 1. The fourth-order valence-corrected chi connectivity index (χ4v) is 5.20. The second-order valence-electron chi connectivity index (χ2n) is 6.86. The van der Waals surface area contributed by atoms with Crippen LogP contribution in [0.5, 0.6) is 0 Å². The van der Waals surface area contributed by atoms with Gasteiger partial charge >= 0.3 is 0 Å². The largest absolute Gasteiger partial charge is 0.325 e. The number of nitrogens with zero attached hydrogens (tertiary/aromatic N) is 1. The number of nitrogens with one attached hydrogen (secondary N) is 2. The van der Waals surface area contributed by atoms with E-state index in [1.807, 2.05) is 24.3 Å². The zero-order valence-electron chi connectivity index (χ0n) is 15.8. The van der Waals surface area contributed by atoms with E-state index in [1.54, 1.807) is 18.2 Å². The van der Waals surface area contributed by atoms with Crippen LogP contribution in [-0.2, 0) is 21.2 Å². The second-order valence-corrected chi connectivity index (χ2v) is 9.17. The lowest BCUT2D eigenvalue weighted by molar-refractivity contribution is -0.895. The van der Waals surface area contributed by atoms with Gasteiger partial charge in [0, 0.05) is 5.69 Å². The minimum absolute atomic E-state index is 0.0679. The quantitative estimate of drug-likeness (QED) is 0.739. The number of benzene rings is 2. The van der Waals surface area contributed by atoms with Crippen LogP contribution in [0.25, 0.3) is 0 Å². The maximum Gasteiger partial charge on any atom is 0.279 e. The van der Waals surface area contributed by atoms with Gasteiger partial charge in [0.1, 0.15) is 4.90 Å². The summed E-state index contributed by atoms with van der Waals surface area (Å²) in [5.74, 6) is -0.0679. The number of carbonyl (C=O) groups is 1.